The van der Waals surface area contributed by atoms with E-state index in [0.29, 0.717) is 22.3 Å². The van der Waals surface area contributed by atoms with Crippen LogP contribution in [0.3, 0.4) is 0 Å². The molecule has 4 N–H and O–H groups in total. The second kappa shape index (κ2) is 5.07. The molecule has 4 rings (SSSR count). The molecule has 25 heavy (non-hydrogen) atoms. The van der Waals surface area contributed by atoms with Gasteiger partial charge >= 0.3 is 0 Å². The van der Waals surface area contributed by atoms with Crippen LogP contribution in [0.1, 0.15) is 11.3 Å². The van der Waals surface area contributed by atoms with Gasteiger partial charge in [0.1, 0.15) is 17.2 Å². The molecule has 0 aliphatic heterocycles. The summed E-state index contributed by atoms with van der Waals surface area (Å²) in [5.41, 5.74) is 10.2. The maximum atomic E-state index is 12.6. The van der Waals surface area contributed by atoms with Gasteiger partial charge < -0.3 is 16.1 Å². The molecule has 0 aliphatic rings. The quantitative estimate of drug-likeness (QED) is 0.517. The van der Waals surface area contributed by atoms with E-state index in [1.807, 2.05) is 55.8 Å². The summed E-state index contributed by atoms with van der Waals surface area (Å²) in [6.45, 7) is 3.78. The average Bonchev–Trinajstić information content (AvgIpc) is 2.91. The zero-order valence-corrected chi connectivity index (χ0v) is 14.2. The van der Waals surface area contributed by atoms with Crippen LogP contribution in [0.2, 0.25) is 0 Å². The van der Waals surface area contributed by atoms with Gasteiger partial charge in [0, 0.05) is 18.1 Å². The van der Waals surface area contributed by atoms with E-state index in [9.17, 15) is 4.79 Å². The van der Waals surface area contributed by atoms with Gasteiger partial charge in [-0.05, 0) is 37.6 Å². The molecule has 0 fully saturated rings. The van der Waals surface area contributed by atoms with Gasteiger partial charge in [-0.1, -0.05) is 12.1 Å². The Morgan fingerprint density at radius 1 is 1.12 bits per heavy atom. The number of benzene rings is 1. The lowest BCUT2D eigenvalue weighted by atomic mass is 10.0. The van der Waals surface area contributed by atoms with Gasteiger partial charge in [-0.3, -0.25) is 4.79 Å². The van der Waals surface area contributed by atoms with Crippen molar-refractivity contribution in [2.24, 2.45) is 7.05 Å². The first-order valence-corrected chi connectivity index (χ1v) is 7.89. The standard InChI is InChI=1S/C18H18N6O/c1-9-8-10(2)21-15-13(9)14(16(19)24(20)18(15)25)17-22-11-6-4-5-7-12(11)23(17)3/h4-8H,19-20H2,1-3H3. The van der Waals surface area contributed by atoms with Crippen LogP contribution >= 0.6 is 0 Å². The Kier molecular flexibility index (Phi) is 3.08. The molecule has 0 unspecified atom stereocenters. The molecule has 3 heterocycles. The summed E-state index contributed by atoms with van der Waals surface area (Å²) in [5.74, 6) is 6.75. The average molecular weight is 334 g/mol. The van der Waals surface area contributed by atoms with Crippen molar-refractivity contribution in [1.29, 1.82) is 0 Å². The van der Waals surface area contributed by atoms with Crippen LogP contribution in [0.5, 0.6) is 0 Å². The number of aromatic nitrogens is 4. The van der Waals surface area contributed by atoms with Crippen LogP contribution in [-0.2, 0) is 7.05 Å². The molecule has 0 bridgehead atoms. The largest absolute Gasteiger partial charge is 0.383 e. The Morgan fingerprint density at radius 2 is 1.84 bits per heavy atom. The molecule has 0 aliphatic carbocycles. The molecule has 0 radical (unpaired) electrons. The van der Waals surface area contributed by atoms with Crippen LogP contribution in [-0.4, -0.2) is 19.2 Å². The second-order valence-corrected chi connectivity index (χ2v) is 6.22. The van der Waals surface area contributed by atoms with Crippen LogP contribution < -0.4 is 17.1 Å². The number of nitrogens with zero attached hydrogens (tertiary/aromatic N) is 4. The third-order valence-corrected chi connectivity index (χ3v) is 4.54. The highest BCUT2D eigenvalue weighted by atomic mass is 16.1. The Labute approximate surface area is 143 Å². The monoisotopic (exact) mass is 334 g/mol. The molecule has 7 nitrogen and oxygen atoms in total. The first-order valence-electron chi connectivity index (χ1n) is 7.89. The minimum Gasteiger partial charge on any atom is -0.383 e. The molecule has 0 saturated carbocycles. The van der Waals surface area contributed by atoms with Crippen LogP contribution in [0.25, 0.3) is 33.3 Å². The predicted molar refractivity (Wildman–Crippen MR) is 99.7 cm³/mol. The lowest BCUT2D eigenvalue weighted by Gasteiger charge is -2.15. The predicted octanol–water partition coefficient (Wildman–Crippen LogP) is 1.86. The van der Waals surface area contributed by atoms with Crippen LogP contribution in [0.4, 0.5) is 5.82 Å². The topological polar surface area (TPSA) is 105 Å². The zero-order chi connectivity index (χ0) is 17.9. The number of rotatable bonds is 1. The molecule has 3 aromatic heterocycles. The summed E-state index contributed by atoms with van der Waals surface area (Å²) in [5, 5.41) is 0.688. The molecule has 0 amide bonds. The van der Waals surface area contributed by atoms with Crippen LogP contribution in [0, 0.1) is 13.8 Å². The van der Waals surface area contributed by atoms with Gasteiger partial charge in [0.05, 0.1) is 16.6 Å². The van der Waals surface area contributed by atoms with Gasteiger partial charge in [0.25, 0.3) is 5.56 Å². The van der Waals surface area contributed by atoms with E-state index in [1.165, 1.54) is 0 Å². The number of hydrogen-bond acceptors (Lipinski definition) is 5. The summed E-state index contributed by atoms with van der Waals surface area (Å²) in [6, 6.07) is 9.73. The Hall–Kier alpha value is -3.35. The molecule has 7 heteroatoms. The van der Waals surface area contributed by atoms with Crippen molar-refractivity contribution in [2.75, 3.05) is 11.6 Å². The number of para-hydroxylation sites is 2. The Bertz CT molecular complexity index is 1220. The van der Waals surface area contributed by atoms with Gasteiger partial charge in [0.15, 0.2) is 0 Å². The lowest BCUT2D eigenvalue weighted by molar-refractivity contribution is 0.935. The first kappa shape index (κ1) is 15.2. The number of imidazole rings is 1. The molecule has 0 spiro atoms. The van der Waals surface area contributed by atoms with Crippen molar-refractivity contribution in [3.05, 3.63) is 51.9 Å². The highest BCUT2D eigenvalue weighted by molar-refractivity contribution is 6.01. The Balaban J connectivity index is 2.25. The smallest absolute Gasteiger partial charge is 0.297 e. The van der Waals surface area contributed by atoms with Crippen molar-refractivity contribution in [3.8, 4) is 11.4 Å². The molecular weight excluding hydrogens is 316 g/mol. The summed E-state index contributed by atoms with van der Waals surface area (Å²) < 4.78 is 2.90. The second-order valence-electron chi connectivity index (χ2n) is 6.22. The highest BCUT2D eigenvalue weighted by Crippen LogP contribution is 2.34. The van der Waals surface area contributed by atoms with Gasteiger partial charge in [0.2, 0.25) is 0 Å². The molecular formula is C18H18N6O. The lowest BCUT2D eigenvalue weighted by Crippen LogP contribution is -2.31. The molecule has 0 atom stereocenters. The van der Waals surface area contributed by atoms with Gasteiger partial charge in [-0.2, -0.15) is 0 Å². The molecule has 1 aromatic carbocycles. The minimum absolute atomic E-state index is 0.171. The normalized spacial score (nSPS) is 11.5. The Morgan fingerprint density at radius 3 is 2.56 bits per heavy atom. The number of aryl methyl sites for hydroxylation is 3. The minimum atomic E-state index is -0.415. The van der Waals surface area contributed by atoms with E-state index in [1.54, 1.807) is 0 Å². The van der Waals surface area contributed by atoms with E-state index in [2.05, 4.69) is 4.98 Å². The van der Waals surface area contributed by atoms with E-state index in [-0.39, 0.29) is 5.82 Å². The molecule has 4 aromatic rings. The number of nitrogen functional groups attached to an aromatic ring is 2. The number of pyridine rings is 2. The van der Waals surface area contributed by atoms with E-state index < -0.39 is 5.56 Å². The summed E-state index contributed by atoms with van der Waals surface area (Å²) >= 11 is 0. The number of nitrogens with two attached hydrogens (primary N) is 2. The van der Waals surface area contributed by atoms with Crippen molar-refractivity contribution >= 4 is 27.8 Å². The third-order valence-electron chi connectivity index (χ3n) is 4.54. The fourth-order valence-electron chi connectivity index (χ4n) is 3.37. The summed E-state index contributed by atoms with van der Waals surface area (Å²) in [6.07, 6.45) is 0. The first-order chi connectivity index (χ1) is 11.9. The summed E-state index contributed by atoms with van der Waals surface area (Å²) in [7, 11) is 1.92. The van der Waals surface area contributed by atoms with Gasteiger partial charge in [-0.15, -0.1) is 0 Å². The molecule has 126 valence electrons. The number of hydrogen-bond donors (Lipinski definition) is 2. The van der Waals surface area contributed by atoms with Crippen molar-refractivity contribution in [3.63, 3.8) is 0 Å². The van der Waals surface area contributed by atoms with E-state index in [4.69, 9.17) is 16.6 Å². The van der Waals surface area contributed by atoms with Crippen molar-refractivity contribution in [2.45, 2.75) is 13.8 Å². The maximum absolute atomic E-state index is 12.6. The van der Waals surface area contributed by atoms with E-state index in [0.717, 1.165) is 27.0 Å². The van der Waals surface area contributed by atoms with Crippen LogP contribution in [0.15, 0.2) is 35.1 Å². The highest BCUT2D eigenvalue weighted by Gasteiger charge is 2.22. The third kappa shape index (κ3) is 2.02. The summed E-state index contributed by atoms with van der Waals surface area (Å²) in [4.78, 5) is 21.7. The SMILES string of the molecule is Cc1cc(C)c2c(-c3nc4ccccc4n3C)c(N)n(N)c(=O)c2n1. The number of fused-ring (bicyclic) bond motifs is 2. The fourth-order valence-corrected chi connectivity index (χ4v) is 3.37. The number of anilines is 1. The fraction of sp³-hybridized carbons (Fsp3) is 0.167. The van der Waals surface area contributed by atoms with Crippen molar-refractivity contribution < 1.29 is 0 Å². The zero-order valence-electron chi connectivity index (χ0n) is 14.2. The maximum Gasteiger partial charge on any atom is 0.297 e. The van der Waals surface area contributed by atoms with E-state index >= 15 is 0 Å². The van der Waals surface area contributed by atoms with Gasteiger partial charge in [-0.25, -0.2) is 14.6 Å². The molecule has 0 saturated heterocycles. The van der Waals surface area contributed by atoms with Crippen molar-refractivity contribution in [1.82, 2.24) is 19.2 Å².